The van der Waals surface area contributed by atoms with Crippen molar-refractivity contribution in [1.29, 1.82) is 0 Å². The van der Waals surface area contributed by atoms with Gasteiger partial charge in [-0.1, -0.05) is 182 Å². The molecule has 0 bridgehead atoms. The summed E-state index contributed by atoms with van der Waals surface area (Å²) in [5.41, 5.74) is 6.21. The maximum atomic E-state index is 7.09. The van der Waals surface area contributed by atoms with Crippen LogP contribution in [-0.4, -0.2) is 43.4 Å². The molecule has 0 aliphatic carbocycles. The minimum Gasteiger partial charge on any atom is -0.374 e. The van der Waals surface area contributed by atoms with Crippen LogP contribution in [0.1, 0.15) is 33.4 Å². The van der Waals surface area contributed by atoms with E-state index in [2.05, 4.69) is 48.5 Å². The summed E-state index contributed by atoms with van der Waals surface area (Å²) in [6.45, 7) is 2.31. The molecule has 6 atom stereocenters. The van der Waals surface area contributed by atoms with E-state index in [0.29, 0.717) is 39.6 Å². The molecule has 0 N–H and O–H groups in total. The lowest BCUT2D eigenvalue weighted by Crippen LogP contribution is -2.64. The molecule has 1 saturated heterocycles. The van der Waals surface area contributed by atoms with Crippen LogP contribution in [0.5, 0.6) is 0 Å². The highest BCUT2D eigenvalue weighted by molar-refractivity contribution is 5.18. The zero-order valence-electron chi connectivity index (χ0n) is 31.6. The Morgan fingerprint density at radius 1 is 0.357 bits per heavy atom. The fraction of sp³-hybridized carbons (Fsp3) is 0.265. The van der Waals surface area contributed by atoms with E-state index in [1.165, 1.54) is 0 Å². The molecule has 288 valence electrons. The molecule has 7 nitrogen and oxygen atoms in total. The van der Waals surface area contributed by atoms with E-state index >= 15 is 0 Å². The van der Waals surface area contributed by atoms with Crippen LogP contribution in [0.15, 0.2) is 182 Å². The van der Waals surface area contributed by atoms with E-state index < -0.39 is 36.8 Å². The van der Waals surface area contributed by atoms with Gasteiger partial charge in [0.15, 0.2) is 6.29 Å². The van der Waals surface area contributed by atoms with Gasteiger partial charge in [0.25, 0.3) is 0 Å². The third-order valence-corrected chi connectivity index (χ3v) is 9.71. The summed E-state index contributed by atoms with van der Waals surface area (Å²) in [5, 5.41) is 0. The first-order valence-corrected chi connectivity index (χ1v) is 19.3. The van der Waals surface area contributed by atoms with E-state index in [9.17, 15) is 0 Å². The molecule has 0 radical (unpaired) electrons. The zero-order valence-corrected chi connectivity index (χ0v) is 31.6. The van der Waals surface area contributed by atoms with Crippen molar-refractivity contribution in [3.8, 4) is 0 Å². The molecular weight excluding hydrogens is 701 g/mol. The van der Waals surface area contributed by atoms with Crippen LogP contribution in [0, 0.1) is 0 Å². The molecule has 0 unspecified atom stereocenters. The molecule has 1 aliphatic heterocycles. The van der Waals surface area contributed by atoms with Gasteiger partial charge in [0, 0.05) is 0 Å². The van der Waals surface area contributed by atoms with Gasteiger partial charge in [0.2, 0.25) is 0 Å². The van der Waals surface area contributed by atoms with E-state index in [1.807, 2.05) is 133 Å². The van der Waals surface area contributed by atoms with Crippen LogP contribution in [-0.2, 0) is 72.8 Å². The lowest BCUT2D eigenvalue weighted by atomic mass is 9.94. The van der Waals surface area contributed by atoms with Crippen LogP contribution < -0.4 is 0 Å². The second-order valence-electron chi connectivity index (χ2n) is 13.9. The lowest BCUT2D eigenvalue weighted by Gasteiger charge is -2.47. The quantitative estimate of drug-likeness (QED) is 0.0771. The summed E-state index contributed by atoms with van der Waals surface area (Å²) in [6, 6.07) is 60.8. The van der Waals surface area contributed by atoms with Crippen LogP contribution in [0.4, 0.5) is 0 Å². The molecule has 6 aromatic carbocycles. The van der Waals surface area contributed by atoms with Gasteiger partial charge in [-0.3, -0.25) is 0 Å². The van der Waals surface area contributed by atoms with Gasteiger partial charge in [-0.2, -0.15) is 0 Å². The largest absolute Gasteiger partial charge is 0.374 e. The van der Waals surface area contributed by atoms with Gasteiger partial charge < -0.3 is 33.2 Å². The molecule has 0 saturated carbocycles. The molecular formula is C49H50O7. The van der Waals surface area contributed by atoms with Crippen LogP contribution in [0.25, 0.3) is 0 Å². The van der Waals surface area contributed by atoms with E-state index in [-0.39, 0.29) is 6.61 Å². The van der Waals surface area contributed by atoms with Gasteiger partial charge in [0.05, 0.1) is 46.2 Å². The summed E-state index contributed by atoms with van der Waals surface area (Å²) >= 11 is 0. The van der Waals surface area contributed by atoms with Crippen molar-refractivity contribution in [2.24, 2.45) is 0 Å². The van der Waals surface area contributed by atoms with Gasteiger partial charge in [0.1, 0.15) is 30.5 Å². The van der Waals surface area contributed by atoms with Crippen molar-refractivity contribution in [3.05, 3.63) is 215 Å². The Balaban J connectivity index is 1.25. The Morgan fingerprint density at radius 2 is 0.696 bits per heavy atom. The fourth-order valence-electron chi connectivity index (χ4n) is 6.76. The maximum absolute atomic E-state index is 7.09. The maximum Gasteiger partial charge on any atom is 0.187 e. The first-order valence-electron chi connectivity index (χ1n) is 19.3. The lowest BCUT2D eigenvalue weighted by molar-refractivity contribution is -0.341. The van der Waals surface area contributed by atoms with Crippen molar-refractivity contribution in [2.75, 3.05) is 6.61 Å². The third-order valence-electron chi connectivity index (χ3n) is 9.71. The molecule has 0 spiro atoms. The molecule has 7 heteroatoms. The summed E-state index contributed by atoms with van der Waals surface area (Å²) < 4.78 is 47.7. The van der Waals surface area contributed by atoms with E-state index in [4.69, 9.17) is 33.2 Å². The number of ether oxygens (including phenoxy) is 7. The van der Waals surface area contributed by atoms with Crippen molar-refractivity contribution < 1.29 is 33.2 Å². The third kappa shape index (κ3) is 11.8. The van der Waals surface area contributed by atoms with E-state index in [1.54, 1.807) is 0 Å². The molecule has 1 heterocycles. The minimum atomic E-state index is -0.835. The molecule has 6 aromatic rings. The normalized spacial score (nSPS) is 20.0. The van der Waals surface area contributed by atoms with Crippen molar-refractivity contribution in [3.63, 3.8) is 0 Å². The van der Waals surface area contributed by atoms with Gasteiger partial charge >= 0.3 is 0 Å². The van der Waals surface area contributed by atoms with Crippen molar-refractivity contribution in [2.45, 2.75) is 76.5 Å². The summed E-state index contributed by atoms with van der Waals surface area (Å²) in [7, 11) is 0. The molecule has 1 aliphatic rings. The Hall–Kier alpha value is -4.96. The predicted octanol–water partition coefficient (Wildman–Crippen LogP) is 9.49. The number of hydrogen-bond acceptors (Lipinski definition) is 7. The highest BCUT2D eigenvalue weighted by Gasteiger charge is 2.52. The Labute approximate surface area is 330 Å². The topological polar surface area (TPSA) is 64.6 Å². The Bertz CT molecular complexity index is 1890. The first-order chi connectivity index (χ1) is 27.8. The monoisotopic (exact) mass is 750 g/mol. The Morgan fingerprint density at radius 3 is 1.12 bits per heavy atom. The summed E-state index contributed by atoms with van der Waals surface area (Å²) in [5.74, 6) is 0. The second kappa shape index (κ2) is 21.4. The zero-order chi connectivity index (χ0) is 38.0. The SMILES string of the molecule is c1ccc(COC[C@H](OCc2ccccc2)[C@H]2O[C@@H](OCc3ccccc3)[C@@H](OCc3ccccc3)[C@@H](OCc3ccccc3)[C@@H]2OCc2ccccc2)cc1. The highest BCUT2D eigenvalue weighted by atomic mass is 16.7. The molecule has 7 rings (SSSR count). The van der Waals surface area contributed by atoms with Crippen LogP contribution in [0.2, 0.25) is 0 Å². The summed E-state index contributed by atoms with van der Waals surface area (Å²) in [6.07, 6.45) is -4.01. The van der Waals surface area contributed by atoms with Crippen LogP contribution >= 0.6 is 0 Å². The molecule has 0 amide bonds. The summed E-state index contributed by atoms with van der Waals surface area (Å²) in [4.78, 5) is 0. The molecule has 56 heavy (non-hydrogen) atoms. The predicted molar refractivity (Wildman–Crippen MR) is 216 cm³/mol. The average molecular weight is 751 g/mol. The average Bonchev–Trinajstić information content (AvgIpc) is 3.27. The van der Waals surface area contributed by atoms with Crippen LogP contribution in [0.3, 0.4) is 0 Å². The number of rotatable bonds is 20. The second-order valence-corrected chi connectivity index (χ2v) is 13.9. The van der Waals surface area contributed by atoms with Gasteiger partial charge in [-0.05, 0) is 33.4 Å². The molecule has 0 aromatic heterocycles. The smallest absolute Gasteiger partial charge is 0.187 e. The van der Waals surface area contributed by atoms with Gasteiger partial charge in [-0.15, -0.1) is 0 Å². The van der Waals surface area contributed by atoms with Gasteiger partial charge in [-0.25, -0.2) is 0 Å². The van der Waals surface area contributed by atoms with Crippen molar-refractivity contribution >= 4 is 0 Å². The fourth-order valence-corrected chi connectivity index (χ4v) is 6.76. The standard InChI is InChI=1S/C49H50O7/c1-7-19-38(20-8-1)31-50-37-44(51-32-39-21-9-2-10-22-39)45-46(52-33-40-23-11-3-12-24-40)47(53-34-41-25-13-4-14-26-41)48(54-35-42-27-15-5-16-28-42)49(56-45)55-36-43-29-17-6-18-30-43/h1-30,44-49H,31-37H2/t44-,45+,46+,47-,48-,49+/m0/s1. The minimum absolute atomic E-state index is 0.240. The molecule has 1 fully saturated rings. The van der Waals surface area contributed by atoms with Crippen molar-refractivity contribution in [1.82, 2.24) is 0 Å². The highest BCUT2D eigenvalue weighted by Crippen LogP contribution is 2.34. The number of hydrogen-bond donors (Lipinski definition) is 0. The Kier molecular flexibility index (Phi) is 15.0. The number of benzene rings is 6. The first kappa shape index (κ1) is 39.3. The van der Waals surface area contributed by atoms with E-state index in [0.717, 1.165) is 33.4 Å².